The Kier molecular flexibility index (Phi) is 11.0. The molecule has 1 aliphatic rings. The zero-order chi connectivity index (χ0) is 30.7. The second-order valence-corrected chi connectivity index (χ2v) is 11.1. The van der Waals surface area contributed by atoms with Crippen molar-refractivity contribution < 1.29 is 23.7 Å². The van der Waals surface area contributed by atoms with Crippen molar-refractivity contribution >= 4 is 18.1 Å². The van der Waals surface area contributed by atoms with E-state index in [9.17, 15) is 4.79 Å². The molecule has 0 bridgehead atoms. The van der Waals surface area contributed by atoms with Crippen molar-refractivity contribution in [3.05, 3.63) is 136 Å². The highest BCUT2D eigenvalue weighted by atomic mass is 16.6. The smallest absolute Gasteiger partial charge is 0.335 e. The van der Waals surface area contributed by atoms with Crippen molar-refractivity contribution in [1.82, 2.24) is 0 Å². The Morgan fingerprint density at radius 3 is 2.07 bits per heavy atom. The van der Waals surface area contributed by atoms with Crippen LogP contribution in [0.25, 0.3) is 12.2 Å². The number of hydrogen-bond acceptors (Lipinski definition) is 5. The van der Waals surface area contributed by atoms with Crippen LogP contribution in [0.4, 0.5) is 0 Å². The molecule has 5 heteroatoms. The van der Waals surface area contributed by atoms with Crippen LogP contribution < -0.4 is 4.74 Å². The molecular formula is C39H42O5. The average Bonchev–Trinajstić information content (AvgIpc) is 3.19. The van der Waals surface area contributed by atoms with Gasteiger partial charge in [-0.25, -0.2) is 4.79 Å². The normalized spacial score (nSPS) is 14.3. The third-order valence-corrected chi connectivity index (χ3v) is 7.91. The van der Waals surface area contributed by atoms with Crippen LogP contribution in [-0.2, 0) is 38.3 Å². The van der Waals surface area contributed by atoms with E-state index in [2.05, 4.69) is 85.8 Å². The molecule has 2 atom stereocenters. The molecule has 0 radical (unpaired) electrons. The first-order valence-corrected chi connectivity index (χ1v) is 15.6. The summed E-state index contributed by atoms with van der Waals surface area (Å²) < 4.78 is 23.1. The summed E-state index contributed by atoms with van der Waals surface area (Å²) >= 11 is 0. The van der Waals surface area contributed by atoms with Gasteiger partial charge in [-0.1, -0.05) is 104 Å². The van der Waals surface area contributed by atoms with Crippen molar-refractivity contribution in [3.63, 3.8) is 0 Å². The van der Waals surface area contributed by atoms with Crippen molar-refractivity contribution in [2.24, 2.45) is 0 Å². The van der Waals surface area contributed by atoms with Gasteiger partial charge < -0.3 is 18.9 Å². The van der Waals surface area contributed by atoms with E-state index in [1.807, 2.05) is 24.3 Å². The van der Waals surface area contributed by atoms with Gasteiger partial charge in [0, 0.05) is 13.5 Å². The summed E-state index contributed by atoms with van der Waals surface area (Å²) in [5.74, 6) is 0.402. The summed E-state index contributed by atoms with van der Waals surface area (Å²) in [5.41, 5.74) is 9.63. The second kappa shape index (κ2) is 15.5. The molecule has 0 amide bonds. The largest absolute Gasteiger partial charge is 0.491 e. The van der Waals surface area contributed by atoms with Crippen LogP contribution in [0.15, 0.2) is 91.0 Å². The molecule has 0 saturated carbocycles. The Morgan fingerprint density at radius 1 is 0.750 bits per heavy atom. The number of hydrogen-bond donors (Lipinski definition) is 0. The summed E-state index contributed by atoms with van der Waals surface area (Å²) in [4.78, 5) is 12.1. The van der Waals surface area contributed by atoms with Crippen LogP contribution >= 0.6 is 0 Å². The molecule has 0 fully saturated rings. The van der Waals surface area contributed by atoms with Gasteiger partial charge in [-0.15, -0.1) is 0 Å². The van der Waals surface area contributed by atoms with Gasteiger partial charge >= 0.3 is 5.97 Å². The van der Waals surface area contributed by atoms with E-state index >= 15 is 0 Å². The van der Waals surface area contributed by atoms with Crippen molar-refractivity contribution in [1.29, 1.82) is 0 Å². The summed E-state index contributed by atoms with van der Waals surface area (Å²) in [6.07, 6.45) is 7.15. The van der Waals surface area contributed by atoms with Gasteiger partial charge in [-0.2, -0.15) is 0 Å². The second-order valence-electron chi connectivity index (χ2n) is 11.1. The third-order valence-electron chi connectivity index (χ3n) is 7.91. The quantitative estimate of drug-likeness (QED) is 0.110. The lowest BCUT2D eigenvalue weighted by Crippen LogP contribution is -2.27. The molecule has 0 heterocycles. The molecule has 5 rings (SSSR count). The van der Waals surface area contributed by atoms with Gasteiger partial charge in [0.2, 0.25) is 0 Å². The molecule has 2 unspecified atom stereocenters. The van der Waals surface area contributed by atoms with E-state index in [0.717, 1.165) is 30.6 Å². The summed E-state index contributed by atoms with van der Waals surface area (Å²) in [6, 6.07) is 31.8. The highest BCUT2D eigenvalue weighted by Gasteiger charge is 2.23. The fraction of sp³-hybridized carbons (Fsp3) is 0.308. The number of aryl methyl sites for hydroxylation is 1. The summed E-state index contributed by atoms with van der Waals surface area (Å²) in [7, 11) is 1.52. The first-order valence-electron chi connectivity index (χ1n) is 15.6. The SMILES string of the molecule is CCCc1ccc2c(c1)C=Cc1cc(Cc3ccccc3)ccc1C2OCCOc1ccc(CC(OC)C(=O)OCC)cc1. The highest BCUT2D eigenvalue weighted by molar-refractivity contribution is 5.77. The van der Waals surface area contributed by atoms with Crippen LogP contribution in [-0.4, -0.2) is 39.0 Å². The van der Waals surface area contributed by atoms with E-state index in [4.69, 9.17) is 18.9 Å². The van der Waals surface area contributed by atoms with E-state index in [0.29, 0.717) is 26.2 Å². The molecule has 0 spiro atoms. The molecular weight excluding hydrogens is 548 g/mol. The number of benzene rings is 4. The van der Waals surface area contributed by atoms with E-state index in [1.165, 1.54) is 46.1 Å². The lowest BCUT2D eigenvalue weighted by atomic mass is 9.92. The monoisotopic (exact) mass is 590 g/mol. The van der Waals surface area contributed by atoms with E-state index in [-0.39, 0.29) is 12.1 Å². The van der Waals surface area contributed by atoms with Gasteiger partial charge in [0.15, 0.2) is 6.10 Å². The molecule has 5 nitrogen and oxygen atoms in total. The van der Waals surface area contributed by atoms with Crippen LogP contribution in [0.5, 0.6) is 5.75 Å². The molecule has 4 aromatic carbocycles. The Hall–Kier alpha value is -4.19. The number of rotatable bonds is 14. The van der Waals surface area contributed by atoms with Gasteiger partial charge in [0.25, 0.3) is 0 Å². The molecule has 44 heavy (non-hydrogen) atoms. The number of carbonyl (C=O) groups is 1. The van der Waals surface area contributed by atoms with Crippen molar-refractivity contribution in [3.8, 4) is 5.75 Å². The van der Waals surface area contributed by atoms with Gasteiger partial charge in [0.1, 0.15) is 18.5 Å². The predicted molar refractivity (Wildman–Crippen MR) is 176 cm³/mol. The molecule has 0 aromatic heterocycles. The van der Waals surface area contributed by atoms with Gasteiger partial charge in [-0.3, -0.25) is 0 Å². The minimum atomic E-state index is -0.623. The van der Waals surface area contributed by atoms with Gasteiger partial charge in [-0.05, 0) is 76.4 Å². The maximum atomic E-state index is 12.1. The maximum Gasteiger partial charge on any atom is 0.335 e. The lowest BCUT2D eigenvalue weighted by Gasteiger charge is -2.22. The predicted octanol–water partition coefficient (Wildman–Crippen LogP) is 8.02. The Balaban J connectivity index is 1.27. The molecule has 0 saturated heterocycles. The van der Waals surface area contributed by atoms with Crippen LogP contribution in [0.1, 0.15) is 70.9 Å². The fourth-order valence-electron chi connectivity index (χ4n) is 5.69. The molecule has 228 valence electrons. The first kappa shape index (κ1) is 31.2. The standard InChI is InChI=1S/C39H42O5/c1-4-9-28-14-20-35-32(25-28)16-17-33-26-31(24-29-10-7-6-8-11-29)15-21-36(33)38(35)44-23-22-43-34-18-12-30(13-19-34)27-37(41-3)39(40)42-5-2/h6-8,10-21,25-26,37-38H,4-5,9,22-24,27H2,1-3H3. The van der Waals surface area contributed by atoms with Crippen LogP contribution in [0, 0.1) is 0 Å². The van der Waals surface area contributed by atoms with Gasteiger partial charge in [0.05, 0.1) is 13.2 Å². The molecule has 1 aliphatic carbocycles. The van der Waals surface area contributed by atoms with Crippen molar-refractivity contribution in [2.45, 2.75) is 51.7 Å². The zero-order valence-electron chi connectivity index (χ0n) is 26.0. The number of fused-ring (bicyclic) bond motifs is 2. The minimum absolute atomic E-state index is 0.198. The number of ether oxygens (including phenoxy) is 4. The van der Waals surface area contributed by atoms with Crippen LogP contribution in [0.2, 0.25) is 0 Å². The zero-order valence-corrected chi connectivity index (χ0v) is 26.0. The average molecular weight is 591 g/mol. The number of methoxy groups -OCH3 is 1. The minimum Gasteiger partial charge on any atom is -0.491 e. The van der Waals surface area contributed by atoms with Crippen LogP contribution in [0.3, 0.4) is 0 Å². The Morgan fingerprint density at radius 2 is 1.41 bits per heavy atom. The molecule has 4 aromatic rings. The summed E-state index contributed by atoms with van der Waals surface area (Å²) in [6.45, 7) is 5.18. The maximum absolute atomic E-state index is 12.1. The lowest BCUT2D eigenvalue weighted by molar-refractivity contribution is -0.154. The Labute approximate surface area is 261 Å². The topological polar surface area (TPSA) is 54.0 Å². The van der Waals surface area contributed by atoms with E-state index < -0.39 is 6.10 Å². The number of carbonyl (C=O) groups excluding carboxylic acids is 1. The highest BCUT2D eigenvalue weighted by Crippen LogP contribution is 2.37. The van der Waals surface area contributed by atoms with E-state index in [1.54, 1.807) is 6.92 Å². The molecule has 0 N–H and O–H groups in total. The Bertz CT molecular complexity index is 1540. The van der Waals surface area contributed by atoms with Crippen molar-refractivity contribution in [2.75, 3.05) is 26.9 Å². The first-order chi connectivity index (χ1) is 21.6. The fourth-order valence-corrected chi connectivity index (χ4v) is 5.69. The third kappa shape index (κ3) is 8.04. The number of esters is 1. The summed E-state index contributed by atoms with van der Waals surface area (Å²) in [5, 5.41) is 0. The molecule has 0 aliphatic heterocycles.